The summed E-state index contributed by atoms with van der Waals surface area (Å²) in [5, 5.41) is 14.2. The van der Waals surface area contributed by atoms with Crippen LogP contribution in [0.1, 0.15) is 63.8 Å². The van der Waals surface area contributed by atoms with Crippen LogP contribution in [0.25, 0.3) is 22.3 Å². The van der Waals surface area contributed by atoms with Gasteiger partial charge in [0.1, 0.15) is 19.0 Å². The summed E-state index contributed by atoms with van der Waals surface area (Å²) < 4.78 is 50.6. The number of carbonyl (C=O) groups excluding carboxylic acids is 2. The summed E-state index contributed by atoms with van der Waals surface area (Å²) in [6.07, 6.45) is -0.787. The molecule has 2 N–H and O–H groups in total. The molecular formula is C31H28FN3O6. The Balaban J connectivity index is 1.50. The smallest absolute Gasteiger partial charge is 0.407 e. The van der Waals surface area contributed by atoms with Gasteiger partial charge in [-0.1, -0.05) is 37.3 Å². The van der Waals surface area contributed by atoms with Crippen LogP contribution in [-0.4, -0.2) is 26.7 Å². The third-order valence-electron chi connectivity index (χ3n) is 7.80. The molecule has 2 aromatic heterocycles. The third-order valence-corrected chi connectivity index (χ3v) is 7.80. The molecule has 10 heteroatoms. The highest BCUT2D eigenvalue weighted by Gasteiger charge is 2.45. The zero-order chi connectivity index (χ0) is 31.6. The number of aryl methyl sites for hydroxylation is 1. The molecule has 4 aromatic rings. The number of cyclic esters (lactones) is 1. The molecule has 6 rings (SSSR count). The van der Waals surface area contributed by atoms with Crippen LogP contribution >= 0.6 is 0 Å². The van der Waals surface area contributed by atoms with Gasteiger partial charge >= 0.3 is 12.1 Å². The van der Waals surface area contributed by atoms with Crippen LogP contribution in [0.3, 0.4) is 0 Å². The number of nitrogens with one attached hydrogen (secondary N) is 1. The maximum Gasteiger partial charge on any atom is 0.407 e. The normalized spacial score (nSPS) is 19.2. The minimum absolute atomic E-state index is 0.0104. The lowest BCUT2D eigenvalue weighted by Gasteiger charge is -2.31. The number of aromatic nitrogens is 2. The van der Waals surface area contributed by atoms with Crippen LogP contribution in [0.4, 0.5) is 9.18 Å². The number of aliphatic hydroxyl groups is 1. The van der Waals surface area contributed by atoms with E-state index in [1.807, 2.05) is 18.2 Å². The van der Waals surface area contributed by atoms with Crippen molar-refractivity contribution in [2.45, 2.75) is 58.5 Å². The van der Waals surface area contributed by atoms with Crippen molar-refractivity contribution in [2.75, 3.05) is 0 Å². The predicted molar refractivity (Wildman–Crippen MR) is 147 cm³/mol. The van der Waals surface area contributed by atoms with Gasteiger partial charge in [-0.05, 0) is 49.0 Å². The molecule has 2 atom stereocenters. The number of alkyl carbamates (subject to hydrolysis) is 1. The zero-order valence-electron chi connectivity index (χ0n) is 25.3. The summed E-state index contributed by atoms with van der Waals surface area (Å²) in [5.41, 5.74) is -0.467. The third kappa shape index (κ3) is 4.26. The van der Waals surface area contributed by atoms with Gasteiger partial charge in [0.25, 0.3) is 5.56 Å². The van der Waals surface area contributed by atoms with Gasteiger partial charge in [-0.3, -0.25) is 4.79 Å². The van der Waals surface area contributed by atoms with Crippen LogP contribution in [0.2, 0.25) is 0 Å². The van der Waals surface area contributed by atoms with Gasteiger partial charge in [-0.2, -0.15) is 0 Å². The molecule has 0 unspecified atom stereocenters. The lowest BCUT2D eigenvalue weighted by Crippen LogP contribution is -2.44. The fourth-order valence-electron chi connectivity index (χ4n) is 5.64. The molecule has 1 amide bonds. The minimum Gasteiger partial charge on any atom is -0.458 e. The highest BCUT2D eigenvalue weighted by Crippen LogP contribution is 2.42. The molecule has 4 heterocycles. The van der Waals surface area contributed by atoms with Gasteiger partial charge in [-0.15, -0.1) is 0 Å². The molecule has 2 aromatic carbocycles. The summed E-state index contributed by atoms with van der Waals surface area (Å²) in [4.78, 5) is 43.8. The Bertz CT molecular complexity index is 1910. The number of hydrogen-bond acceptors (Lipinski definition) is 7. The van der Waals surface area contributed by atoms with Gasteiger partial charge in [0.15, 0.2) is 5.60 Å². The van der Waals surface area contributed by atoms with Gasteiger partial charge in [-0.25, -0.2) is 19.0 Å². The highest BCUT2D eigenvalue weighted by molar-refractivity contribution is 5.90. The largest absolute Gasteiger partial charge is 0.458 e. The Kier molecular flexibility index (Phi) is 5.54. The van der Waals surface area contributed by atoms with E-state index < -0.39 is 47.5 Å². The van der Waals surface area contributed by atoms with Crippen LogP contribution in [0.15, 0.2) is 53.3 Å². The molecule has 0 saturated heterocycles. The van der Waals surface area contributed by atoms with Gasteiger partial charge < -0.3 is 24.5 Å². The molecule has 41 heavy (non-hydrogen) atoms. The number of benzene rings is 2. The number of rotatable bonds is 5. The Labute approximate surface area is 238 Å². The van der Waals surface area contributed by atoms with Crippen molar-refractivity contribution in [3.63, 3.8) is 0 Å². The quantitative estimate of drug-likeness (QED) is 0.304. The van der Waals surface area contributed by atoms with Crippen molar-refractivity contribution in [2.24, 2.45) is 0 Å². The maximum atomic E-state index is 15.1. The van der Waals surface area contributed by atoms with E-state index in [2.05, 4.69) is 10.3 Å². The second kappa shape index (κ2) is 9.81. The number of fused-ring (bicyclic) bond motifs is 5. The maximum absolute atomic E-state index is 15.1. The summed E-state index contributed by atoms with van der Waals surface area (Å²) in [6, 6.07) is 12.0. The molecule has 0 aliphatic carbocycles. The number of hydrogen-bond donors (Lipinski definition) is 2. The molecular weight excluding hydrogens is 529 g/mol. The van der Waals surface area contributed by atoms with Crippen molar-refractivity contribution >= 4 is 23.0 Å². The van der Waals surface area contributed by atoms with Crippen LogP contribution < -0.4 is 10.9 Å². The average Bonchev–Trinajstić information content (AvgIpc) is 3.35. The summed E-state index contributed by atoms with van der Waals surface area (Å²) in [6.45, 7) is 0.170. The second-order valence-corrected chi connectivity index (χ2v) is 10.2. The molecule has 210 valence electrons. The van der Waals surface area contributed by atoms with Gasteiger partial charge in [0, 0.05) is 26.7 Å². The molecule has 2 aliphatic heterocycles. The topological polar surface area (TPSA) is 120 Å². The van der Waals surface area contributed by atoms with E-state index in [4.69, 9.17) is 13.6 Å². The molecule has 9 nitrogen and oxygen atoms in total. The first-order chi connectivity index (χ1) is 20.8. The Hall–Kier alpha value is -4.57. The SMILES string of the molecule is [2H]C([2H])([2H])c1cc2c([C@H](C)NC(=O)OCc3ccccc3)c3c(nc2cc1F)-c1cc2c(c(=O)n1C3)COC(=O)[C@]2(O)CC. The Morgan fingerprint density at radius 2 is 2.05 bits per heavy atom. The molecule has 0 spiro atoms. The fraction of sp³-hybridized carbons (Fsp3) is 0.290. The van der Waals surface area contributed by atoms with E-state index in [-0.39, 0.29) is 59.6 Å². The van der Waals surface area contributed by atoms with E-state index in [9.17, 15) is 19.5 Å². The first-order valence-corrected chi connectivity index (χ1v) is 13.1. The molecule has 0 radical (unpaired) electrons. The van der Waals surface area contributed by atoms with E-state index >= 15 is 4.39 Å². The van der Waals surface area contributed by atoms with Crippen LogP contribution in [0, 0.1) is 12.7 Å². The van der Waals surface area contributed by atoms with Crippen molar-refractivity contribution in [3.05, 3.63) is 98.1 Å². The molecule has 0 bridgehead atoms. The first kappa shape index (κ1) is 23.2. The number of halogens is 1. The number of ether oxygens (including phenoxy) is 2. The lowest BCUT2D eigenvalue weighted by atomic mass is 9.86. The number of nitrogens with zero attached hydrogens (tertiary/aromatic N) is 2. The Morgan fingerprint density at radius 1 is 1.27 bits per heavy atom. The molecule has 0 saturated carbocycles. The average molecular weight is 561 g/mol. The summed E-state index contributed by atoms with van der Waals surface area (Å²) in [5.74, 6) is -1.85. The summed E-state index contributed by atoms with van der Waals surface area (Å²) >= 11 is 0. The van der Waals surface area contributed by atoms with E-state index in [0.717, 1.165) is 11.6 Å². The van der Waals surface area contributed by atoms with Crippen molar-refractivity contribution in [3.8, 4) is 11.4 Å². The number of esters is 1. The zero-order valence-corrected chi connectivity index (χ0v) is 22.3. The fourth-order valence-corrected chi connectivity index (χ4v) is 5.64. The molecule has 2 aliphatic rings. The number of amides is 1. The van der Waals surface area contributed by atoms with Crippen molar-refractivity contribution < 1.29 is 32.7 Å². The van der Waals surface area contributed by atoms with Gasteiger partial charge in [0.2, 0.25) is 0 Å². The Morgan fingerprint density at radius 3 is 2.78 bits per heavy atom. The van der Waals surface area contributed by atoms with Gasteiger partial charge in [0.05, 0.1) is 35.1 Å². The van der Waals surface area contributed by atoms with Crippen LogP contribution in [-0.2, 0) is 39.6 Å². The summed E-state index contributed by atoms with van der Waals surface area (Å²) in [7, 11) is 0. The second-order valence-electron chi connectivity index (χ2n) is 10.2. The number of pyridine rings is 2. The van der Waals surface area contributed by atoms with E-state index in [1.165, 1.54) is 16.7 Å². The first-order valence-electron chi connectivity index (χ1n) is 14.6. The monoisotopic (exact) mass is 560 g/mol. The van der Waals surface area contributed by atoms with Crippen molar-refractivity contribution in [1.29, 1.82) is 0 Å². The van der Waals surface area contributed by atoms with Crippen molar-refractivity contribution in [1.82, 2.24) is 14.9 Å². The van der Waals surface area contributed by atoms with E-state index in [0.29, 0.717) is 11.1 Å². The minimum atomic E-state index is -2.77. The molecule has 0 fully saturated rings. The standard InChI is InChI=1S/C31H28FN3O6/c1-4-31(39)22-11-25-27-20(13-35(25)28(36)21(22)15-40-29(31)37)26(19-10-16(2)23(32)12-24(19)34-27)17(3)33-30(38)41-14-18-8-6-5-7-9-18/h5-12,17,39H,4,13-15H2,1-3H3,(H,33,38)/t17-,31-/m0/s1/i2D3. The highest BCUT2D eigenvalue weighted by atomic mass is 19.1. The van der Waals surface area contributed by atoms with Crippen LogP contribution in [0.5, 0.6) is 0 Å². The predicted octanol–water partition coefficient (Wildman–Crippen LogP) is 4.51. The van der Waals surface area contributed by atoms with E-state index in [1.54, 1.807) is 26.0 Å². The number of carbonyl (C=O) groups is 2. The lowest BCUT2D eigenvalue weighted by molar-refractivity contribution is -0.172.